The third-order valence-corrected chi connectivity index (χ3v) is 2.34. The molecule has 1 aromatic rings. The number of hydrogen-bond acceptors (Lipinski definition) is 4. The number of nitrogens with one attached hydrogen (secondary N) is 1. The molecule has 0 radical (unpaired) electrons. The molecule has 0 bridgehead atoms. The maximum atomic E-state index is 12.2. The van der Waals surface area contributed by atoms with Gasteiger partial charge in [-0.15, -0.1) is 0 Å². The first-order valence-electron chi connectivity index (χ1n) is 6.18. The highest BCUT2D eigenvalue weighted by molar-refractivity contribution is 5.48. The lowest BCUT2D eigenvalue weighted by Gasteiger charge is -2.14. The molecule has 1 aromatic heterocycles. The van der Waals surface area contributed by atoms with E-state index in [2.05, 4.69) is 15.3 Å². The fourth-order valence-electron chi connectivity index (χ4n) is 1.51. The van der Waals surface area contributed by atoms with Gasteiger partial charge in [-0.3, -0.25) is 0 Å². The lowest BCUT2D eigenvalue weighted by molar-refractivity contribution is -0.154. The van der Waals surface area contributed by atoms with Crippen LogP contribution in [0.1, 0.15) is 31.7 Å². The molecule has 108 valence electrons. The second kappa shape index (κ2) is 6.58. The molecule has 0 unspecified atom stereocenters. The highest BCUT2D eigenvalue weighted by atomic mass is 19.4. The minimum absolute atomic E-state index is 0.00766. The molecule has 0 saturated heterocycles. The highest BCUT2D eigenvalue weighted by Gasteiger charge is 2.29. The van der Waals surface area contributed by atoms with Gasteiger partial charge in [-0.1, -0.05) is 6.92 Å². The number of alkyl halides is 3. The van der Waals surface area contributed by atoms with E-state index in [9.17, 15) is 13.2 Å². The normalized spacial score (nSPS) is 11.5. The van der Waals surface area contributed by atoms with E-state index in [4.69, 9.17) is 4.74 Å². The van der Waals surface area contributed by atoms with Crippen LogP contribution in [0.25, 0.3) is 0 Å². The van der Waals surface area contributed by atoms with Gasteiger partial charge in [-0.25, -0.2) is 4.98 Å². The summed E-state index contributed by atoms with van der Waals surface area (Å²) in [6.07, 6.45) is -2.96. The summed E-state index contributed by atoms with van der Waals surface area (Å²) in [5, 5.41) is 3.00. The number of hydrogen-bond donors (Lipinski definition) is 1. The molecule has 0 aliphatic heterocycles. The fourth-order valence-corrected chi connectivity index (χ4v) is 1.51. The molecule has 1 heterocycles. The van der Waals surface area contributed by atoms with Crippen LogP contribution < -0.4 is 10.1 Å². The second-order valence-electron chi connectivity index (χ2n) is 4.10. The Labute approximate surface area is 110 Å². The molecule has 0 aliphatic carbocycles. The molecule has 1 rings (SSSR count). The van der Waals surface area contributed by atoms with Crippen molar-refractivity contribution >= 4 is 5.82 Å². The predicted octanol–water partition coefficient (Wildman–Crippen LogP) is 3.11. The molecular formula is C12H18F3N3O. The number of halogens is 3. The van der Waals surface area contributed by atoms with E-state index in [1.54, 1.807) is 6.92 Å². The highest BCUT2D eigenvalue weighted by Crippen LogP contribution is 2.24. The van der Waals surface area contributed by atoms with Crippen LogP contribution in [0, 0.1) is 6.92 Å². The Hall–Kier alpha value is -1.53. The van der Waals surface area contributed by atoms with Crippen LogP contribution in [0.3, 0.4) is 0 Å². The van der Waals surface area contributed by atoms with Crippen LogP contribution in [0.4, 0.5) is 19.0 Å². The number of ether oxygens (including phenoxy) is 1. The average molecular weight is 277 g/mol. The molecule has 0 aliphatic rings. The van der Waals surface area contributed by atoms with Gasteiger partial charge < -0.3 is 10.1 Å². The van der Waals surface area contributed by atoms with Crippen LogP contribution in [0.5, 0.6) is 5.88 Å². The van der Waals surface area contributed by atoms with Crippen molar-refractivity contribution in [2.75, 3.05) is 18.5 Å². The Kier molecular flexibility index (Phi) is 5.38. The van der Waals surface area contributed by atoms with Gasteiger partial charge in [-0.2, -0.15) is 18.2 Å². The summed E-state index contributed by atoms with van der Waals surface area (Å²) in [4.78, 5) is 8.31. The number of aryl methyl sites for hydroxylation is 1. The fraction of sp³-hybridized carbons (Fsp3) is 0.667. The largest absolute Gasteiger partial charge is 0.468 e. The minimum Gasteiger partial charge on any atom is -0.468 e. The summed E-state index contributed by atoms with van der Waals surface area (Å²) in [7, 11) is 0. The van der Waals surface area contributed by atoms with Gasteiger partial charge in [0.25, 0.3) is 0 Å². The topological polar surface area (TPSA) is 47.0 Å². The molecule has 0 saturated carbocycles. The van der Waals surface area contributed by atoms with Gasteiger partial charge in [0.05, 0.1) is 5.56 Å². The van der Waals surface area contributed by atoms with E-state index in [1.807, 2.05) is 13.8 Å². The standard InChI is InChI=1S/C12H18F3N3O/c1-4-6-9-17-10(16-5-2)8(3)11(18-9)19-7-12(13,14)15/h4-7H2,1-3H3,(H,16,17,18). The van der Waals surface area contributed by atoms with E-state index in [-0.39, 0.29) is 5.88 Å². The van der Waals surface area contributed by atoms with Crippen LogP contribution in [-0.2, 0) is 6.42 Å². The van der Waals surface area contributed by atoms with Gasteiger partial charge in [0.15, 0.2) is 6.61 Å². The van der Waals surface area contributed by atoms with Gasteiger partial charge >= 0.3 is 6.18 Å². The lowest BCUT2D eigenvalue weighted by atomic mass is 10.2. The molecule has 0 spiro atoms. The zero-order chi connectivity index (χ0) is 14.5. The van der Waals surface area contributed by atoms with E-state index >= 15 is 0 Å². The van der Waals surface area contributed by atoms with E-state index < -0.39 is 12.8 Å². The maximum absolute atomic E-state index is 12.2. The Morgan fingerprint density at radius 2 is 1.89 bits per heavy atom. The van der Waals surface area contributed by atoms with E-state index in [0.29, 0.717) is 30.2 Å². The predicted molar refractivity (Wildman–Crippen MR) is 66.5 cm³/mol. The third kappa shape index (κ3) is 4.92. The molecule has 0 aromatic carbocycles. The molecule has 19 heavy (non-hydrogen) atoms. The summed E-state index contributed by atoms with van der Waals surface area (Å²) >= 11 is 0. The van der Waals surface area contributed by atoms with Crippen LogP contribution >= 0.6 is 0 Å². The maximum Gasteiger partial charge on any atom is 0.422 e. The van der Waals surface area contributed by atoms with Crippen LogP contribution in [0.2, 0.25) is 0 Å². The first-order valence-corrected chi connectivity index (χ1v) is 6.18. The van der Waals surface area contributed by atoms with Crippen molar-refractivity contribution in [2.45, 2.75) is 39.8 Å². The molecular weight excluding hydrogens is 259 g/mol. The zero-order valence-electron chi connectivity index (χ0n) is 11.3. The van der Waals surface area contributed by atoms with E-state index in [1.165, 1.54) is 0 Å². The summed E-state index contributed by atoms with van der Waals surface area (Å²) in [6.45, 7) is 4.76. The number of nitrogens with zero attached hydrogens (tertiary/aromatic N) is 2. The van der Waals surface area contributed by atoms with Gasteiger partial charge in [0.2, 0.25) is 5.88 Å². The van der Waals surface area contributed by atoms with Crippen molar-refractivity contribution in [3.05, 3.63) is 11.4 Å². The number of rotatable bonds is 6. The van der Waals surface area contributed by atoms with Crippen molar-refractivity contribution < 1.29 is 17.9 Å². The SMILES string of the molecule is CCCc1nc(NCC)c(C)c(OCC(F)(F)F)n1. The Bertz CT molecular complexity index is 421. The molecule has 0 fully saturated rings. The van der Waals surface area contributed by atoms with Crippen molar-refractivity contribution in [1.82, 2.24) is 9.97 Å². The first-order chi connectivity index (χ1) is 8.87. The Balaban J connectivity index is 2.99. The summed E-state index contributed by atoms with van der Waals surface area (Å²) in [6, 6.07) is 0. The van der Waals surface area contributed by atoms with Gasteiger partial charge in [0.1, 0.15) is 11.6 Å². The summed E-state index contributed by atoms with van der Waals surface area (Å²) in [5.41, 5.74) is 0.492. The molecule has 1 N–H and O–H groups in total. The molecule has 0 amide bonds. The quantitative estimate of drug-likeness (QED) is 0.868. The zero-order valence-corrected chi connectivity index (χ0v) is 11.3. The molecule has 4 nitrogen and oxygen atoms in total. The first kappa shape index (κ1) is 15.5. The lowest BCUT2D eigenvalue weighted by Crippen LogP contribution is -2.21. The Morgan fingerprint density at radius 1 is 1.21 bits per heavy atom. The van der Waals surface area contributed by atoms with Crippen molar-refractivity contribution in [3.8, 4) is 5.88 Å². The average Bonchev–Trinajstić information content (AvgIpc) is 2.31. The second-order valence-corrected chi connectivity index (χ2v) is 4.10. The van der Waals surface area contributed by atoms with E-state index in [0.717, 1.165) is 6.42 Å². The van der Waals surface area contributed by atoms with Gasteiger partial charge in [-0.05, 0) is 20.3 Å². The summed E-state index contributed by atoms with van der Waals surface area (Å²) in [5.74, 6) is 1.01. The minimum atomic E-state index is -4.37. The molecule has 0 atom stereocenters. The smallest absolute Gasteiger partial charge is 0.422 e. The van der Waals surface area contributed by atoms with Crippen LogP contribution in [-0.4, -0.2) is 29.3 Å². The van der Waals surface area contributed by atoms with Crippen molar-refractivity contribution in [2.24, 2.45) is 0 Å². The number of anilines is 1. The monoisotopic (exact) mass is 277 g/mol. The van der Waals surface area contributed by atoms with Gasteiger partial charge in [0, 0.05) is 13.0 Å². The van der Waals surface area contributed by atoms with Crippen LogP contribution in [0.15, 0.2) is 0 Å². The third-order valence-electron chi connectivity index (χ3n) is 2.34. The van der Waals surface area contributed by atoms with Crippen molar-refractivity contribution in [3.63, 3.8) is 0 Å². The summed E-state index contributed by atoms with van der Waals surface area (Å²) < 4.78 is 41.3. The van der Waals surface area contributed by atoms with Crippen molar-refractivity contribution in [1.29, 1.82) is 0 Å². The molecule has 7 heteroatoms. The number of aromatic nitrogens is 2. The Morgan fingerprint density at radius 3 is 2.42 bits per heavy atom.